The fraction of sp³-hybridized carbons (Fsp3) is 0.417. The fourth-order valence-corrected chi connectivity index (χ4v) is 4.99. The summed E-state index contributed by atoms with van der Waals surface area (Å²) in [6.45, 7) is 1.53. The summed E-state index contributed by atoms with van der Waals surface area (Å²) in [7, 11) is 3.33. The van der Waals surface area contributed by atoms with Crippen LogP contribution in [0.2, 0.25) is 0 Å². The molecule has 0 radical (unpaired) electrons. The van der Waals surface area contributed by atoms with E-state index in [9.17, 15) is 9.59 Å². The van der Waals surface area contributed by atoms with Crippen LogP contribution < -0.4 is 14.8 Å². The van der Waals surface area contributed by atoms with Crippen LogP contribution in [0.1, 0.15) is 35.2 Å². The Morgan fingerprint density at radius 2 is 1.81 bits per heavy atom. The van der Waals surface area contributed by atoms with Crippen molar-refractivity contribution in [3.05, 3.63) is 47.5 Å². The molecular formula is C24H28N2O4S. The highest BCUT2D eigenvalue weighted by atomic mass is 32.2. The lowest BCUT2D eigenvalue weighted by Gasteiger charge is -2.32. The average molecular weight is 441 g/mol. The van der Waals surface area contributed by atoms with Gasteiger partial charge >= 0.3 is 0 Å². The Kier molecular flexibility index (Phi) is 6.70. The Morgan fingerprint density at radius 1 is 1.10 bits per heavy atom. The maximum atomic E-state index is 13.0. The Labute approximate surface area is 187 Å². The molecule has 164 valence electrons. The van der Waals surface area contributed by atoms with Crippen LogP contribution >= 0.6 is 11.8 Å². The molecule has 2 aromatic carbocycles. The minimum Gasteiger partial charge on any atom is -0.497 e. The Balaban J connectivity index is 1.31. The highest BCUT2D eigenvalue weighted by molar-refractivity contribution is 8.00. The molecule has 2 aromatic rings. The molecule has 1 N–H and O–H groups in total. The summed E-state index contributed by atoms with van der Waals surface area (Å²) in [6, 6.07) is 11.6. The van der Waals surface area contributed by atoms with E-state index in [0.717, 1.165) is 60.9 Å². The molecule has 7 heteroatoms. The third-order valence-corrected chi connectivity index (χ3v) is 7.09. The minimum absolute atomic E-state index is 0.0171. The minimum atomic E-state index is -0.0171. The van der Waals surface area contributed by atoms with Crippen LogP contribution in [0.25, 0.3) is 0 Å². The van der Waals surface area contributed by atoms with Gasteiger partial charge in [-0.25, -0.2) is 0 Å². The molecule has 31 heavy (non-hydrogen) atoms. The number of hydrogen-bond donors (Lipinski definition) is 1. The van der Waals surface area contributed by atoms with Crippen molar-refractivity contribution < 1.29 is 19.1 Å². The topological polar surface area (TPSA) is 67.9 Å². The van der Waals surface area contributed by atoms with Crippen molar-refractivity contribution in [2.75, 3.05) is 38.4 Å². The van der Waals surface area contributed by atoms with Crippen LogP contribution in [-0.4, -0.2) is 49.8 Å². The number of rotatable bonds is 6. The van der Waals surface area contributed by atoms with E-state index < -0.39 is 0 Å². The average Bonchev–Trinajstić information content (AvgIpc) is 2.81. The van der Waals surface area contributed by atoms with Gasteiger partial charge in [0, 0.05) is 29.6 Å². The van der Waals surface area contributed by atoms with Gasteiger partial charge in [-0.3, -0.25) is 9.59 Å². The van der Waals surface area contributed by atoms with Gasteiger partial charge in [0.25, 0.3) is 5.91 Å². The normalized spacial score (nSPS) is 16.5. The Hall–Kier alpha value is -2.67. The molecule has 0 atom stereocenters. The number of nitrogens with zero attached hydrogens (tertiary/aromatic N) is 1. The van der Waals surface area contributed by atoms with E-state index in [0.29, 0.717) is 17.2 Å². The van der Waals surface area contributed by atoms with Gasteiger partial charge in [0.05, 0.1) is 25.7 Å². The maximum Gasteiger partial charge on any atom is 0.253 e. The molecule has 0 bridgehead atoms. The molecule has 0 aliphatic carbocycles. The number of aryl methyl sites for hydroxylation is 1. The number of anilines is 1. The molecule has 2 aliphatic heterocycles. The van der Waals surface area contributed by atoms with E-state index in [1.165, 1.54) is 17.3 Å². The first-order chi connectivity index (χ1) is 15.1. The van der Waals surface area contributed by atoms with Crippen molar-refractivity contribution in [1.82, 2.24) is 4.90 Å². The van der Waals surface area contributed by atoms with Crippen molar-refractivity contribution >= 4 is 29.3 Å². The first-order valence-corrected chi connectivity index (χ1v) is 11.6. The number of benzene rings is 2. The quantitative estimate of drug-likeness (QED) is 0.728. The molecule has 2 amide bonds. The van der Waals surface area contributed by atoms with Crippen LogP contribution in [0.4, 0.5) is 5.69 Å². The Morgan fingerprint density at radius 3 is 2.48 bits per heavy atom. The molecule has 0 unspecified atom stereocenters. The number of fused-ring (bicyclic) bond motifs is 1. The second-order valence-corrected chi connectivity index (χ2v) is 9.06. The predicted molar refractivity (Wildman–Crippen MR) is 122 cm³/mol. The summed E-state index contributed by atoms with van der Waals surface area (Å²) in [5.74, 6) is 2.68. The van der Waals surface area contributed by atoms with Gasteiger partial charge < -0.3 is 19.7 Å². The third kappa shape index (κ3) is 5.15. The largest absolute Gasteiger partial charge is 0.497 e. The third-order valence-electron chi connectivity index (χ3n) is 6.01. The summed E-state index contributed by atoms with van der Waals surface area (Å²) in [6.07, 6.45) is 4.06. The summed E-state index contributed by atoms with van der Waals surface area (Å²) < 4.78 is 10.7. The van der Waals surface area contributed by atoms with Crippen LogP contribution in [0.15, 0.2) is 41.3 Å². The first-order valence-electron chi connectivity index (χ1n) is 10.6. The van der Waals surface area contributed by atoms with Crippen molar-refractivity contribution in [3.63, 3.8) is 0 Å². The van der Waals surface area contributed by atoms with E-state index in [1.54, 1.807) is 14.2 Å². The van der Waals surface area contributed by atoms with E-state index in [1.807, 2.05) is 29.2 Å². The summed E-state index contributed by atoms with van der Waals surface area (Å²) >= 11 is 1.51. The molecular weight excluding hydrogens is 412 g/mol. The van der Waals surface area contributed by atoms with Crippen LogP contribution in [0.5, 0.6) is 11.5 Å². The zero-order valence-corrected chi connectivity index (χ0v) is 18.8. The lowest BCUT2D eigenvalue weighted by Crippen LogP contribution is -2.38. The molecule has 1 saturated heterocycles. The fourth-order valence-electron chi connectivity index (χ4n) is 4.20. The van der Waals surface area contributed by atoms with Gasteiger partial charge in [-0.15, -0.1) is 11.8 Å². The number of thioether (sulfide) groups is 1. The molecule has 2 heterocycles. The second-order valence-electron chi connectivity index (χ2n) is 8.04. The lowest BCUT2D eigenvalue weighted by atomic mass is 9.90. The molecule has 0 aromatic heterocycles. The van der Waals surface area contributed by atoms with Crippen LogP contribution in [0.3, 0.4) is 0 Å². The SMILES string of the molecule is COc1cc(CCC2CCN(C(=O)c3ccc4c(c3)NC(=O)CS4)CC2)cc(OC)c1. The Bertz CT molecular complexity index is 948. The van der Waals surface area contributed by atoms with Crippen molar-refractivity contribution in [2.45, 2.75) is 30.6 Å². The van der Waals surface area contributed by atoms with Crippen molar-refractivity contribution in [2.24, 2.45) is 5.92 Å². The number of piperidine rings is 1. The molecule has 2 aliphatic rings. The van der Waals surface area contributed by atoms with Gasteiger partial charge in [0.2, 0.25) is 5.91 Å². The molecule has 4 rings (SSSR count). The van der Waals surface area contributed by atoms with Gasteiger partial charge in [-0.05, 0) is 67.5 Å². The number of hydrogen-bond acceptors (Lipinski definition) is 5. The number of carbonyl (C=O) groups is 2. The molecule has 0 spiro atoms. The number of methoxy groups -OCH3 is 2. The summed E-state index contributed by atoms with van der Waals surface area (Å²) in [5, 5.41) is 2.87. The monoisotopic (exact) mass is 440 g/mol. The molecule has 1 fully saturated rings. The van der Waals surface area contributed by atoms with Crippen LogP contribution in [0, 0.1) is 5.92 Å². The summed E-state index contributed by atoms with van der Waals surface area (Å²) in [5.41, 5.74) is 2.60. The van der Waals surface area contributed by atoms with Gasteiger partial charge in [-0.2, -0.15) is 0 Å². The molecule has 6 nitrogen and oxygen atoms in total. The standard InChI is InChI=1S/C24H28N2O4S/c1-29-19-11-17(12-20(14-19)30-2)4-3-16-7-9-26(10-8-16)24(28)18-5-6-22-21(13-18)25-23(27)15-31-22/h5-6,11-14,16H,3-4,7-10,15H2,1-2H3,(H,25,27). The van der Waals surface area contributed by atoms with E-state index in [-0.39, 0.29) is 11.8 Å². The zero-order chi connectivity index (χ0) is 21.8. The lowest BCUT2D eigenvalue weighted by molar-refractivity contribution is -0.113. The highest BCUT2D eigenvalue weighted by Crippen LogP contribution is 2.33. The number of carbonyl (C=O) groups excluding carboxylic acids is 2. The predicted octanol–water partition coefficient (Wildman–Crippen LogP) is 4.23. The molecule has 0 saturated carbocycles. The van der Waals surface area contributed by atoms with Gasteiger partial charge in [-0.1, -0.05) is 0 Å². The maximum absolute atomic E-state index is 13.0. The smallest absolute Gasteiger partial charge is 0.253 e. The van der Waals surface area contributed by atoms with E-state index in [4.69, 9.17) is 9.47 Å². The van der Waals surface area contributed by atoms with E-state index >= 15 is 0 Å². The number of ether oxygens (including phenoxy) is 2. The van der Waals surface area contributed by atoms with Crippen LogP contribution in [-0.2, 0) is 11.2 Å². The number of amides is 2. The van der Waals surface area contributed by atoms with Crippen molar-refractivity contribution in [3.8, 4) is 11.5 Å². The van der Waals surface area contributed by atoms with Crippen molar-refractivity contribution in [1.29, 1.82) is 0 Å². The first kappa shape index (κ1) is 21.6. The van der Waals surface area contributed by atoms with Gasteiger partial charge in [0.1, 0.15) is 11.5 Å². The highest BCUT2D eigenvalue weighted by Gasteiger charge is 2.25. The zero-order valence-electron chi connectivity index (χ0n) is 18.0. The summed E-state index contributed by atoms with van der Waals surface area (Å²) in [4.78, 5) is 27.6. The van der Waals surface area contributed by atoms with E-state index in [2.05, 4.69) is 17.4 Å². The van der Waals surface area contributed by atoms with Gasteiger partial charge in [0.15, 0.2) is 0 Å². The number of likely N-dealkylation sites (tertiary alicyclic amines) is 1. The second kappa shape index (κ2) is 9.64. The number of nitrogens with one attached hydrogen (secondary N) is 1.